The van der Waals surface area contributed by atoms with E-state index in [9.17, 15) is 8.42 Å². The van der Waals surface area contributed by atoms with Gasteiger partial charge in [-0.1, -0.05) is 13.8 Å². The summed E-state index contributed by atoms with van der Waals surface area (Å²) < 4.78 is 29.1. The molecule has 0 aromatic rings. The molecule has 0 aromatic heterocycles. The zero-order valence-corrected chi connectivity index (χ0v) is 12.7. The van der Waals surface area contributed by atoms with Crippen LogP contribution in [-0.2, 0) is 14.6 Å². The summed E-state index contributed by atoms with van der Waals surface area (Å²) in [5.74, 6) is 0.199. The number of hydrogen-bond donors (Lipinski definition) is 1. The maximum Gasteiger partial charge on any atom is 0.156 e. The van der Waals surface area contributed by atoms with Crippen molar-refractivity contribution in [2.45, 2.75) is 45.4 Å². The van der Waals surface area contributed by atoms with Gasteiger partial charge in [0.2, 0.25) is 0 Å². The molecule has 0 radical (unpaired) electrons. The lowest BCUT2D eigenvalue weighted by Crippen LogP contribution is -2.46. The van der Waals surface area contributed by atoms with Gasteiger partial charge in [0.1, 0.15) is 0 Å². The molecule has 0 amide bonds. The molecule has 0 aliphatic rings. The van der Waals surface area contributed by atoms with Crippen molar-refractivity contribution < 1.29 is 13.2 Å². The molecule has 0 bridgehead atoms. The molecule has 0 aliphatic heterocycles. The minimum absolute atomic E-state index is 0.0656. The fraction of sp³-hybridized carbons (Fsp3) is 1.00. The number of ether oxygens (including phenoxy) is 1. The first-order valence-electron chi connectivity index (χ1n) is 6.05. The lowest BCUT2D eigenvalue weighted by atomic mass is 10.1. The van der Waals surface area contributed by atoms with E-state index >= 15 is 0 Å². The molecule has 5 heteroatoms. The van der Waals surface area contributed by atoms with Gasteiger partial charge in [-0.15, -0.1) is 0 Å². The van der Waals surface area contributed by atoms with Gasteiger partial charge < -0.3 is 10.1 Å². The zero-order chi connectivity index (χ0) is 13.7. The highest BCUT2D eigenvalue weighted by molar-refractivity contribution is 7.92. The van der Waals surface area contributed by atoms with Crippen LogP contribution in [0.5, 0.6) is 0 Å². The van der Waals surface area contributed by atoms with Crippen LogP contribution in [-0.4, -0.2) is 45.2 Å². The number of rotatable bonds is 7. The Labute approximate surface area is 106 Å². The van der Waals surface area contributed by atoms with Crippen molar-refractivity contribution in [3.05, 3.63) is 0 Å². The zero-order valence-electron chi connectivity index (χ0n) is 11.9. The van der Waals surface area contributed by atoms with Crippen molar-refractivity contribution in [1.82, 2.24) is 5.32 Å². The first-order chi connectivity index (χ1) is 7.60. The Bertz CT molecular complexity index is 304. The highest BCUT2D eigenvalue weighted by Crippen LogP contribution is 2.14. The van der Waals surface area contributed by atoms with Crippen LogP contribution in [0.2, 0.25) is 0 Å². The highest BCUT2D eigenvalue weighted by atomic mass is 32.2. The number of nitrogens with one attached hydrogen (secondary N) is 1. The van der Waals surface area contributed by atoms with Gasteiger partial charge in [-0.3, -0.25) is 0 Å². The first-order valence-corrected chi connectivity index (χ1v) is 7.77. The third-order valence-corrected chi connectivity index (χ3v) is 4.98. The molecular formula is C12H27NO3S. The van der Waals surface area contributed by atoms with Gasteiger partial charge in [0.05, 0.1) is 17.6 Å². The molecule has 0 saturated carbocycles. The first kappa shape index (κ1) is 16.9. The Morgan fingerprint density at radius 2 is 1.76 bits per heavy atom. The normalized spacial score (nSPS) is 15.2. The standard InChI is InChI=1S/C12H27NO3S/c1-10(2)11(9-13-12(3,4)5)17(14,15)8-7-16-6/h10-11,13H,7-9H2,1-6H3. The fourth-order valence-electron chi connectivity index (χ4n) is 1.53. The summed E-state index contributed by atoms with van der Waals surface area (Å²) in [4.78, 5) is 0. The molecule has 0 heterocycles. The molecule has 0 aromatic carbocycles. The molecule has 0 rings (SSSR count). The molecule has 0 fully saturated rings. The molecule has 1 unspecified atom stereocenters. The van der Waals surface area contributed by atoms with E-state index in [1.54, 1.807) is 0 Å². The van der Waals surface area contributed by atoms with Crippen LogP contribution in [0.15, 0.2) is 0 Å². The summed E-state index contributed by atoms with van der Waals surface area (Å²) in [6.07, 6.45) is 0. The number of hydrogen-bond acceptors (Lipinski definition) is 4. The van der Waals surface area contributed by atoms with Crippen molar-refractivity contribution in [1.29, 1.82) is 0 Å². The lowest BCUT2D eigenvalue weighted by molar-refractivity contribution is 0.216. The van der Waals surface area contributed by atoms with Gasteiger partial charge >= 0.3 is 0 Å². The number of sulfone groups is 1. The van der Waals surface area contributed by atoms with Crippen molar-refractivity contribution in [3.63, 3.8) is 0 Å². The van der Waals surface area contributed by atoms with Crippen molar-refractivity contribution in [2.75, 3.05) is 26.0 Å². The second-order valence-electron chi connectivity index (χ2n) is 5.77. The van der Waals surface area contributed by atoms with Gasteiger partial charge in [0.25, 0.3) is 0 Å². The summed E-state index contributed by atoms with van der Waals surface area (Å²) in [7, 11) is -1.57. The average molecular weight is 265 g/mol. The van der Waals surface area contributed by atoms with Crippen LogP contribution < -0.4 is 5.32 Å². The summed E-state index contributed by atoms with van der Waals surface area (Å²) in [5, 5.41) is 2.92. The molecule has 1 N–H and O–H groups in total. The maximum atomic E-state index is 12.1. The van der Waals surface area contributed by atoms with Crippen molar-refractivity contribution in [2.24, 2.45) is 5.92 Å². The van der Waals surface area contributed by atoms with E-state index in [1.165, 1.54) is 7.11 Å². The second-order valence-corrected chi connectivity index (χ2v) is 8.11. The molecular weight excluding hydrogens is 238 g/mol. The van der Waals surface area contributed by atoms with E-state index in [4.69, 9.17) is 4.74 Å². The Hall–Kier alpha value is -0.130. The molecule has 0 aliphatic carbocycles. The fourth-order valence-corrected chi connectivity index (χ4v) is 3.40. The lowest BCUT2D eigenvalue weighted by Gasteiger charge is -2.27. The predicted octanol–water partition coefficient (Wildman–Crippen LogP) is 1.46. The van der Waals surface area contributed by atoms with Gasteiger partial charge in [0, 0.05) is 19.2 Å². The van der Waals surface area contributed by atoms with E-state index in [2.05, 4.69) is 5.32 Å². The largest absolute Gasteiger partial charge is 0.384 e. The Morgan fingerprint density at radius 3 is 2.12 bits per heavy atom. The molecule has 17 heavy (non-hydrogen) atoms. The monoisotopic (exact) mass is 265 g/mol. The molecule has 0 saturated heterocycles. The van der Waals surface area contributed by atoms with Gasteiger partial charge in [-0.2, -0.15) is 0 Å². The Morgan fingerprint density at radius 1 is 1.24 bits per heavy atom. The SMILES string of the molecule is COCCS(=O)(=O)C(CNC(C)(C)C)C(C)C. The van der Waals surface area contributed by atoms with E-state index in [1.807, 2.05) is 34.6 Å². The Kier molecular flexibility index (Phi) is 6.66. The van der Waals surface area contributed by atoms with Crippen molar-refractivity contribution >= 4 is 9.84 Å². The number of methoxy groups -OCH3 is 1. The maximum absolute atomic E-state index is 12.1. The van der Waals surface area contributed by atoms with Gasteiger partial charge in [-0.25, -0.2) is 8.42 Å². The summed E-state index contributed by atoms with van der Waals surface area (Å²) >= 11 is 0. The van der Waals surface area contributed by atoms with Crippen LogP contribution in [0.1, 0.15) is 34.6 Å². The summed E-state index contributed by atoms with van der Waals surface area (Å²) in [6, 6.07) is 0. The average Bonchev–Trinajstić information content (AvgIpc) is 2.12. The van der Waals surface area contributed by atoms with Crippen LogP contribution in [0, 0.1) is 5.92 Å². The van der Waals surface area contributed by atoms with Gasteiger partial charge in [0.15, 0.2) is 9.84 Å². The Balaban J connectivity index is 4.63. The van der Waals surface area contributed by atoms with E-state index < -0.39 is 9.84 Å². The van der Waals surface area contributed by atoms with Crippen LogP contribution >= 0.6 is 0 Å². The van der Waals surface area contributed by atoms with Crippen LogP contribution in [0.4, 0.5) is 0 Å². The third-order valence-electron chi connectivity index (χ3n) is 2.61. The quantitative estimate of drug-likeness (QED) is 0.757. The van der Waals surface area contributed by atoms with Crippen molar-refractivity contribution in [3.8, 4) is 0 Å². The van der Waals surface area contributed by atoms with E-state index in [-0.39, 0.29) is 29.1 Å². The van der Waals surface area contributed by atoms with Crippen LogP contribution in [0.25, 0.3) is 0 Å². The predicted molar refractivity (Wildman–Crippen MR) is 72.0 cm³/mol. The second kappa shape index (κ2) is 6.71. The summed E-state index contributed by atoms with van der Waals surface area (Å²) in [6.45, 7) is 10.7. The summed E-state index contributed by atoms with van der Waals surface area (Å²) in [5.41, 5.74) is -0.0656. The van der Waals surface area contributed by atoms with Gasteiger partial charge in [-0.05, 0) is 26.7 Å². The molecule has 1 atom stereocenters. The molecule has 0 spiro atoms. The van der Waals surface area contributed by atoms with Crippen LogP contribution in [0.3, 0.4) is 0 Å². The topological polar surface area (TPSA) is 55.4 Å². The smallest absolute Gasteiger partial charge is 0.156 e. The minimum Gasteiger partial charge on any atom is -0.384 e. The molecule has 4 nitrogen and oxygen atoms in total. The van der Waals surface area contributed by atoms with E-state index in [0.717, 1.165) is 0 Å². The third kappa shape index (κ3) is 7.01. The van der Waals surface area contributed by atoms with E-state index in [0.29, 0.717) is 6.54 Å². The minimum atomic E-state index is -3.09. The molecule has 104 valence electrons. The highest BCUT2D eigenvalue weighted by Gasteiger charge is 2.29.